The minimum Gasteiger partial charge on any atom is -0.378 e. The van der Waals surface area contributed by atoms with Crippen molar-refractivity contribution in [2.75, 3.05) is 31.2 Å². The summed E-state index contributed by atoms with van der Waals surface area (Å²) in [6.45, 7) is 3.24. The van der Waals surface area contributed by atoms with Gasteiger partial charge in [-0.1, -0.05) is 23.7 Å². The van der Waals surface area contributed by atoms with Crippen molar-refractivity contribution >= 4 is 39.5 Å². The lowest BCUT2D eigenvalue weighted by molar-refractivity contribution is 0.122. The molecule has 0 radical (unpaired) electrons. The number of ether oxygens (including phenoxy) is 1. The molecule has 3 aromatic heterocycles. The molecule has 1 N–H and O–H groups in total. The first kappa shape index (κ1) is 15.6. The molecular formula is C20H17ClN4O. The first-order chi connectivity index (χ1) is 12.8. The van der Waals surface area contributed by atoms with Crippen molar-refractivity contribution < 1.29 is 4.74 Å². The number of benzene rings is 1. The molecule has 0 aliphatic carbocycles. The number of hydrogen-bond acceptors (Lipinski definition) is 4. The van der Waals surface area contributed by atoms with Gasteiger partial charge in [0.05, 0.1) is 29.9 Å². The van der Waals surface area contributed by atoms with Crippen molar-refractivity contribution in [2.45, 2.75) is 0 Å². The summed E-state index contributed by atoms with van der Waals surface area (Å²) in [5.74, 6) is 0.974. The zero-order valence-electron chi connectivity index (χ0n) is 14.1. The van der Waals surface area contributed by atoms with Crippen LogP contribution in [0.25, 0.3) is 33.3 Å². The van der Waals surface area contributed by atoms with E-state index in [4.69, 9.17) is 26.3 Å². The third kappa shape index (κ3) is 2.69. The van der Waals surface area contributed by atoms with Crippen molar-refractivity contribution in [1.82, 2.24) is 15.0 Å². The van der Waals surface area contributed by atoms with Gasteiger partial charge in [-0.15, -0.1) is 0 Å². The topological polar surface area (TPSA) is 54.0 Å². The third-order valence-corrected chi connectivity index (χ3v) is 4.97. The van der Waals surface area contributed by atoms with Gasteiger partial charge in [0, 0.05) is 29.1 Å². The van der Waals surface area contributed by atoms with Crippen LogP contribution in [0.3, 0.4) is 0 Å². The average molecular weight is 365 g/mol. The first-order valence-electron chi connectivity index (χ1n) is 8.66. The van der Waals surface area contributed by atoms with Gasteiger partial charge in [0.15, 0.2) is 0 Å². The number of halogens is 1. The summed E-state index contributed by atoms with van der Waals surface area (Å²) in [5.41, 5.74) is 4.68. The number of nitrogens with zero attached hydrogens (tertiary/aromatic N) is 3. The fourth-order valence-electron chi connectivity index (χ4n) is 3.41. The Labute approximate surface area is 155 Å². The van der Waals surface area contributed by atoms with Crippen LogP contribution in [-0.4, -0.2) is 41.3 Å². The van der Waals surface area contributed by atoms with E-state index >= 15 is 0 Å². The summed E-state index contributed by atoms with van der Waals surface area (Å²) < 4.78 is 5.42. The number of rotatable bonds is 2. The summed E-state index contributed by atoms with van der Waals surface area (Å²) in [7, 11) is 0. The Balaban J connectivity index is 1.60. The first-order valence-corrected chi connectivity index (χ1v) is 9.04. The molecule has 0 spiro atoms. The Bertz CT molecular complexity index is 1100. The maximum Gasteiger partial charge on any atom is 0.142 e. The Morgan fingerprint density at radius 3 is 2.73 bits per heavy atom. The number of aromatic amines is 1. The number of fused-ring (bicyclic) bond motifs is 3. The van der Waals surface area contributed by atoms with E-state index in [0.29, 0.717) is 5.02 Å². The fourth-order valence-corrected chi connectivity index (χ4v) is 3.60. The van der Waals surface area contributed by atoms with Gasteiger partial charge >= 0.3 is 0 Å². The van der Waals surface area contributed by atoms with E-state index in [1.165, 1.54) is 0 Å². The minimum absolute atomic E-state index is 0.708. The lowest BCUT2D eigenvalue weighted by Gasteiger charge is -2.27. The molecule has 4 heterocycles. The van der Waals surface area contributed by atoms with E-state index in [1.54, 1.807) is 0 Å². The molecule has 6 heteroatoms. The van der Waals surface area contributed by atoms with Gasteiger partial charge in [0.2, 0.25) is 0 Å². The highest BCUT2D eigenvalue weighted by atomic mass is 35.5. The molecule has 4 aromatic rings. The number of anilines is 1. The largest absolute Gasteiger partial charge is 0.378 e. The molecule has 5 rings (SSSR count). The molecule has 1 aliphatic rings. The molecular weight excluding hydrogens is 348 g/mol. The highest BCUT2D eigenvalue weighted by Crippen LogP contribution is 2.28. The normalized spacial score (nSPS) is 15.0. The van der Waals surface area contributed by atoms with Crippen LogP contribution in [0.1, 0.15) is 0 Å². The Morgan fingerprint density at radius 1 is 1.00 bits per heavy atom. The third-order valence-electron chi connectivity index (χ3n) is 4.74. The molecule has 5 nitrogen and oxygen atoms in total. The summed E-state index contributed by atoms with van der Waals surface area (Å²) in [5, 5.41) is 1.74. The molecule has 1 aliphatic heterocycles. The summed E-state index contributed by atoms with van der Waals surface area (Å²) in [6, 6.07) is 16.0. The lowest BCUT2D eigenvalue weighted by atomic mass is 10.1. The Morgan fingerprint density at radius 2 is 1.88 bits per heavy atom. The summed E-state index contributed by atoms with van der Waals surface area (Å²) in [4.78, 5) is 15.3. The second kappa shape index (κ2) is 6.27. The van der Waals surface area contributed by atoms with E-state index in [0.717, 1.165) is 65.4 Å². The summed E-state index contributed by atoms with van der Waals surface area (Å²) >= 11 is 6.12. The average Bonchev–Trinajstić information content (AvgIpc) is 3.05. The van der Waals surface area contributed by atoms with E-state index in [2.05, 4.69) is 28.1 Å². The molecule has 26 heavy (non-hydrogen) atoms. The zero-order valence-corrected chi connectivity index (χ0v) is 14.8. The molecule has 130 valence electrons. The monoisotopic (exact) mass is 364 g/mol. The second-order valence-corrected chi connectivity index (χ2v) is 6.83. The standard InChI is InChI=1S/C20H17ClN4O/c21-14-3-1-2-13(12-14)16-5-6-17-19(22-16)15-4-7-18(24-20(15)23-17)25-8-10-26-11-9-25/h1-7,12H,8-11H2,(H,23,24). The SMILES string of the molecule is Clc1cccc(-c2ccc3[nH]c4nc(N5CCOCC5)ccc4c3n2)c1. The molecule has 1 aromatic carbocycles. The van der Waals surface area contributed by atoms with Crippen LogP contribution in [0.5, 0.6) is 0 Å². The van der Waals surface area contributed by atoms with Gasteiger partial charge < -0.3 is 14.6 Å². The smallest absolute Gasteiger partial charge is 0.142 e. The number of aromatic nitrogens is 3. The van der Waals surface area contributed by atoms with Crippen molar-refractivity contribution in [3.63, 3.8) is 0 Å². The van der Waals surface area contributed by atoms with Crippen LogP contribution in [0.15, 0.2) is 48.5 Å². The molecule has 1 saturated heterocycles. The molecule has 1 fully saturated rings. The van der Waals surface area contributed by atoms with Crippen LogP contribution in [0.2, 0.25) is 5.02 Å². The fraction of sp³-hybridized carbons (Fsp3) is 0.200. The van der Waals surface area contributed by atoms with E-state index in [-0.39, 0.29) is 0 Å². The van der Waals surface area contributed by atoms with Crippen LogP contribution in [0.4, 0.5) is 5.82 Å². The quantitative estimate of drug-likeness (QED) is 0.577. The van der Waals surface area contributed by atoms with E-state index in [9.17, 15) is 0 Å². The van der Waals surface area contributed by atoms with Gasteiger partial charge in [0.25, 0.3) is 0 Å². The predicted molar refractivity (Wildman–Crippen MR) is 105 cm³/mol. The number of hydrogen-bond donors (Lipinski definition) is 1. The molecule has 0 unspecified atom stereocenters. The maximum atomic E-state index is 6.12. The Hall–Kier alpha value is -2.63. The van der Waals surface area contributed by atoms with Gasteiger partial charge in [-0.25, -0.2) is 9.97 Å². The van der Waals surface area contributed by atoms with Crippen LogP contribution < -0.4 is 4.90 Å². The van der Waals surface area contributed by atoms with Gasteiger partial charge in [0.1, 0.15) is 11.5 Å². The van der Waals surface area contributed by atoms with Crippen molar-refractivity contribution in [2.24, 2.45) is 0 Å². The molecule has 0 saturated carbocycles. The lowest BCUT2D eigenvalue weighted by Crippen LogP contribution is -2.36. The predicted octanol–water partition coefficient (Wildman–Crippen LogP) is 4.27. The van der Waals surface area contributed by atoms with Crippen molar-refractivity contribution in [3.05, 3.63) is 53.6 Å². The molecule has 0 amide bonds. The Kier molecular flexibility index (Phi) is 3.76. The highest BCUT2D eigenvalue weighted by Gasteiger charge is 2.15. The van der Waals surface area contributed by atoms with Gasteiger partial charge in [-0.3, -0.25) is 0 Å². The van der Waals surface area contributed by atoms with E-state index in [1.807, 2.05) is 30.3 Å². The highest BCUT2D eigenvalue weighted by molar-refractivity contribution is 6.30. The van der Waals surface area contributed by atoms with Crippen molar-refractivity contribution in [1.29, 1.82) is 0 Å². The zero-order chi connectivity index (χ0) is 17.5. The number of H-pyrrole nitrogens is 1. The van der Waals surface area contributed by atoms with Gasteiger partial charge in [-0.05, 0) is 36.4 Å². The number of nitrogens with one attached hydrogen (secondary N) is 1. The molecule has 0 atom stereocenters. The van der Waals surface area contributed by atoms with Crippen molar-refractivity contribution in [3.8, 4) is 11.3 Å². The number of morpholine rings is 1. The van der Waals surface area contributed by atoms with Crippen LogP contribution >= 0.6 is 11.6 Å². The maximum absolute atomic E-state index is 6.12. The summed E-state index contributed by atoms with van der Waals surface area (Å²) in [6.07, 6.45) is 0. The number of pyridine rings is 2. The van der Waals surface area contributed by atoms with Crippen LogP contribution in [-0.2, 0) is 4.74 Å². The minimum atomic E-state index is 0.708. The molecule has 0 bridgehead atoms. The second-order valence-electron chi connectivity index (χ2n) is 6.39. The van der Waals surface area contributed by atoms with E-state index < -0.39 is 0 Å². The van der Waals surface area contributed by atoms with Crippen LogP contribution in [0, 0.1) is 0 Å². The van der Waals surface area contributed by atoms with Gasteiger partial charge in [-0.2, -0.15) is 0 Å².